The number of carbonyl (C=O) groups is 1. The molecule has 144 valence electrons. The van der Waals surface area contributed by atoms with Crippen molar-refractivity contribution in [2.24, 2.45) is 0 Å². The van der Waals surface area contributed by atoms with Crippen molar-refractivity contribution < 1.29 is 19.0 Å². The molecule has 0 radical (unpaired) electrons. The molecule has 3 rings (SSSR count). The van der Waals surface area contributed by atoms with Crippen molar-refractivity contribution in [1.29, 1.82) is 0 Å². The highest BCUT2D eigenvalue weighted by Crippen LogP contribution is 2.31. The van der Waals surface area contributed by atoms with Crippen LogP contribution in [0.1, 0.15) is 5.56 Å². The highest BCUT2D eigenvalue weighted by atomic mass is 16.5. The third-order valence-corrected chi connectivity index (χ3v) is 4.71. The van der Waals surface area contributed by atoms with Crippen molar-refractivity contribution in [3.8, 4) is 17.2 Å². The number of rotatable bonds is 7. The SMILES string of the molecule is COc1cccc(CN2CCN(C(=O)COc3ccccc3)CC2)c1OC. The molecule has 6 nitrogen and oxygen atoms in total. The number of hydrogen-bond acceptors (Lipinski definition) is 5. The van der Waals surface area contributed by atoms with E-state index in [0.717, 1.165) is 42.4 Å². The van der Waals surface area contributed by atoms with Crippen molar-refractivity contribution in [1.82, 2.24) is 9.80 Å². The highest BCUT2D eigenvalue weighted by molar-refractivity contribution is 5.77. The molecule has 1 aliphatic heterocycles. The Morgan fingerprint density at radius 1 is 0.926 bits per heavy atom. The maximum atomic E-state index is 12.4. The van der Waals surface area contributed by atoms with Gasteiger partial charge in [-0.3, -0.25) is 9.69 Å². The van der Waals surface area contributed by atoms with Crippen LogP contribution in [-0.4, -0.2) is 62.7 Å². The van der Waals surface area contributed by atoms with Crippen LogP contribution in [0.4, 0.5) is 0 Å². The molecule has 1 aliphatic rings. The van der Waals surface area contributed by atoms with E-state index in [0.29, 0.717) is 13.1 Å². The van der Waals surface area contributed by atoms with Gasteiger partial charge in [-0.1, -0.05) is 30.3 Å². The van der Waals surface area contributed by atoms with Crippen molar-refractivity contribution in [2.75, 3.05) is 47.0 Å². The third-order valence-electron chi connectivity index (χ3n) is 4.71. The molecule has 0 unspecified atom stereocenters. The Hall–Kier alpha value is -2.73. The van der Waals surface area contributed by atoms with E-state index in [1.54, 1.807) is 14.2 Å². The molecule has 2 aromatic carbocycles. The number of piperazine rings is 1. The van der Waals surface area contributed by atoms with Crippen LogP contribution >= 0.6 is 0 Å². The van der Waals surface area contributed by atoms with Crippen LogP contribution in [-0.2, 0) is 11.3 Å². The normalized spacial score (nSPS) is 14.7. The smallest absolute Gasteiger partial charge is 0.260 e. The summed E-state index contributed by atoms with van der Waals surface area (Å²) in [6.07, 6.45) is 0. The van der Waals surface area contributed by atoms with Crippen LogP contribution in [0.25, 0.3) is 0 Å². The van der Waals surface area contributed by atoms with Gasteiger partial charge in [0, 0.05) is 38.3 Å². The molecule has 0 atom stereocenters. The Bertz CT molecular complexity index is 743. The van der Waals surface area contributed by atoms with Gasteiger partial charge in [-0.05, 0) is 18.2 Å². The Morgan fingerprint density at radius 3 is 2.33 bits per heavy atom. The lowest BCUT2D eigenvalue weighted by Gasteiger charge is -2.35. The van der Waals surface area contributed by atoms with E-state index in [9.17, 15) is 4.79 Å². The van der Waals surface area contributed by atoms with E-state index in [1.807, 2.05) is 53.4 Å². The number of nitrogens with zero attached hydrogens (tertiary/aromatic N) is 2. The number of carbonyl (C=O) groups excluding carboxylic acids is 1. The molecule has 1 fully saturated rings. The van der Waals surface area contributed by atoms with Crippen molar-refractivity contribution in [2.45, 2.75) is 6.54 Å². The molecule has 0 saturated carbocycles. The van der Waals surface area contributed by atoms with Crippen LogP contribution in [0.3, 0.4) is 0 Å². The zero-order valence-electron chi connectivity index (χ0n) is 15.9. The summed E-state index contributed by atoms with van der Waals surface area (Å²) in [5.41, 5.74) is 1.09. The number of ether oxygens (including phenoxy) is 3. The van der Waals surface area contributed by atoms with E-state index < -0.39 is 0 Å². The van der Waals surface area contributed by atoms with Crippen LogP contribution in [0.2, 0.25) is 0 Å². The van der Waals surface area contributed by atoms with Gasteiger partial charge in [-0.25, -0.2) is 0 Å². The summed E-state index contributed by atoms with van der Waals surface area (Å²) in [6.45, 7) is 3.87. The van der Waals surface area contributed by atoms with Crippen molar-refractivity contribution in [3.05, 3.63) is 54.1 Å². The molecule has 0 aromatic heterocycles. The number of para-hydroxylation sites is 2. The molecule has 27 heavy (non-hydrogen) atoms. The van der Waals surface area contributed by atoms with Gasteiger partial charge >= 0.3 is 0 Å². The molecule has 6 heteroatoms. The zero-order chi connectivity index (χ0) is 19.1. The lowest BCUT2D eigenvalue weighted by Crippen LogP contribution is -2.49. The number of benzene rings is 2. The highest BCUT2D eigenvalue weighted by Gasteiger charge is 2.22. The summed E-state index contributed by atoms with van der Waals surface area (Å²) in [6, 6.07) is 15.3. The van der Waals surface area contributed by atoms with Crippen LogP contribution in [0.15, 0.2) is 48.5 Å². The second kappa shape index (κ2) is 9.28. The quantitative estimate of drug-likeness (QED) is 0.749. The first kappa shape index (κ1) is 19.0. The van der Waals surface area contributed by atoms with E-state index in [2.05, 4.69) is 4.90 Å². The standard InChI is InChI=1S/C21H26N2O4/c1-25-19-10-6-7-17(21(19)26-2)15-22-11-13-23(14-12-22)20(24)16-27-18-8-4-3-5-9-18/h3-10H,11-16H2,1-2H3. The largest absolute Gasteiger partial charge is 0.493 e. The predicted molar refractivity (Wildman–Crippen MR) is 103 cm³/mol. The minimum absolute atomic E-state index is 0.0254. The molecular formula is C21H26N2O4. The van der Waals surface area contributed by atoms with Gasteiger partial charge in [0.05, 0.1) is 14.2 Å². The predicted octanol–water partition coefficient (Wildman–Crippen LogP) is 2.43. The summed E-state index contributed by atoms with van der Waals surface area (Å²) < 4.78 is 16.4. The van der Waals surface area contributed by atoms with Gasteiger partial charge in [0.2, 0.25) is 0 Å². The minimum Gasteiger partial charge on any atom is -0.493 e. The fourth-order valence-electron chi connectivity index (χ4n) is 3.23. The molecule has 0 N–H and O–H groups in total. The second-order valence-corrected chi connectivity index (χ2v) is 6.41. The second-order valence-electron chi connectivity index (χ2n) is 6.41. The van der Waals surface area contributed by atoms with Gasteiger partial charge < -0.3 is 19.1 Å². The first-order valence-electron chi connectivity index (χ1n) is 9.09. The maximum Gasteiger partial charge on any atom is 0.260 e. The topological polar surface area (TPSA) is 51.2 Å². The molecule has 0 spiro atoms. The van der Waals surface area contributed by atoms with Crippen LogP contribution in [0.5, 0.6) is 17.2 Å². The van der Waals surface area contributed by atoms with E-state index in [1.165, 1.54) is 0 Å². The first-order valence-corrected chi connectivity index (χ1v) is 9.09. The van der Waals surface area contributed by atoms with Crippen LogP contribution in [0, 0.1) is 0 Å². The van der Waals surface area contributed by atoms with Gasteiger partial charge in [-0.2, -0.15) is 0 Å². The summed E-state index contributed by atoms with van der Waals surface area (Å²) in [4.78, 5) is 16.5. The van der Waals surface area contributed by atoms with E-state index in [4.69, 9.17) is 14.2 Å². The van der Waals surface area contributed by atoms with Crippen molar-refractivity contribution >= 4 is 5.91 Å². The Morgan fingerprint density at radius 2 is 1.67 bits per heavy atom. The Balaban J connectivity index is 1.50. The summed E-state index contributed by atoms with van der Waals surface area (Å²) in [7, 11) is 3.30. The van der Waals surface area contributed by atoms with Gasteiger partial charge in [0.1, 0.15) is 5.75 Å². The lowest BCUT2D eigenvalue weighted by atomic mass is 10.1. The lowest BCUT2D eigenvalue weighted by molar-refractivity contribution is -0.135. The average Bonchev–Trinajstić information content (AvgIpc) is 2.73. The number of methoxy groups -OCH3 is 2. The number of hydrogen-bond donors (Lipinski definition) is 0. The maximum absolute atomic E-state index is 12.4. The van der Waals surface area contributed by atoms with E-state index in [-0.39, 0.29) is 12.5 Å². The van der Waals surface area contributed by atoms with Gasteiger partial charge in [-0.15, -0.1) is 0 Å². The Labute approximate surface area is 160 Å². The minimum atomic E-state index is 0.0254. The molecule has 1 saturated heterocycles. The van der Waals surface area contributed by atoms with Crippen molar-refractivity contribution in [3.63, 3.8) is 0 Å². The Kier molecular flexibility index (Phi) is 6.54. The fourth-order valence-corrected chi connectivity index (χ4v) is 3.23. The van der Waals surface area contributed by atoms with Gasteiger partial charge in [0.15, 0.2) is 18.1 Å². The number of amides is 1. The molecule has 1 heterocycles. The average molecular weight is 370 g/mol. The van der Waals surface area contributed by atoms with Crippen LogP contribution < -0.4 is 14.2 Å². The van der Waals surface area contributed by atoms with Gasteiger partial charge in [0.25, 0.3) is 5.91 Å². The zero-order valence-corrected chi connectivity index (χ0v) is 15.9. The van der Waals surface area contributed by atoms with E-state index >= 15 is 0 Å². The molecule has 0 aliphatic carbocycles. The molecule has 1 amide bonds. The summed E-state index contributed by atoms with van der Waals surface area (Å²) in [5.74, 6) is 2.25. The first-order chi connectivity index (χ1) is 13.2. The third kappa shape index (κ3) is 4.92. The molecular weight excluding hydrogens is 344 g/mol. The summed E-state index contributed by atoms with van der Waals surface area (Å²) in [5, 5.41) is 0. The molecule has 0 bridgehead atoms. The molecule has 2 aromatic rings. The fraction of sp³-hybridized carbons (Fsp3) is 0.381. The monoisotopic (exact) mass is 370 g/mol. The summed E-state index contributed by atoms with van der Waals surface area (Å²) >= 11 is 0.